The standard InChI is InChI=1S/C12H21ClO3S/c13-17(14,15)10-12(6-1-2-7-12)9-16-8-5-11-3-4-11/h11H,1-10H2. The van der Waals surface area contributed by atoms with E-state index in [0.717, 1.165) is 44.6 Å². The lowest BCUT2D eigenvalue weighted by molar-refractivity contribution is 0.0547. The van der Waals surface area contributed by atoms with Gasteiger partial charge in [0.1, 0.15) is 0 Å². The highest BCUT2D eigenvalue weighted by Gasteiger charge is 2.38. The van der Waals surface area contributed by atoms with E-state index >= 15 is 0 Å². The van der Waals surface area contributed by atoms with Gasteiger partial charge < -0.3 is 4.74 Å². The highest BCUT2D eigenvalue weighted by molar-refractivity contribution is 8.13. The average Bonchev–Trinajstić information content (AvgIpc) is 2.93. The molecule has 0 unspecified atom stereocenters. The van der Waals surface area contributed by atoms with Crippen LogP contribution in [0.25, 0.3) is 0 Å². The van der Waals surface area contributed by atoms with Crippen molar-refractivity contribution in [2.24, 2.45) is 11.3 Å². The van der Waals surface area contributed by atoms with Gasteiger partial charge in [-0.1, -0.05) is 25.7 Å². The first kappa shape index (κ1) is 13.6. The van der Waals surface area contributed by atoms with Crippen LogP contribution in [0.4, 0.5) is 0 Å². The molecule has 2 saturated carbocycles. The van der Waals surface area contributed by atoms with E-state index in [2.05, 4.69) is 0 Å². The molecule has 2 aliphatic carbocycles. The van der Waals surface area contributed by atoms with Gasteiger partial charge in [-0.25, -0.2) is 8.42 Å². The predicted molar refractivity (Wildman–Crippen MR) is 68.7 cm³/mol. The van der Waals surface area contributed by atoms with Crippen molar-refractivity contribution in [3.63, 3.8) is 0 Å². The predicted octanol–water partition coefficient (Wildman–Crippen LogP) is 2.93. The lowest BCUT2D eigenvalue weighted by Crippen LogP contribution is -2.30. The van der Waals surface area contributed by atoms with Gasteiger partial charge >= 0.3 is 0 Å². The van der Waals surface area contributed by atoms with Crippen LogP contribution < -0.4 is 0 Å². The molecule has 2 fully saturated rings. The van der Waals surface area contributed by atoms with Crippen molar-refractivity contribution in [1.82, 2.24) is 0 Å². The summed E-state index contributed by atoms with van der Waals surface area (Å²) in [6, 6.07) is 0. The lowest BCUT2D eigenvalue weighted by atomic mass is 9.90. The Hall–Kier alpha value is 0.200. The second kappa shape index (κ2) is 5.45. The van der Waals surface area contributed by atoms with Gasteiger partial charge in [-0.05, 0) is 25.2 Å². The van der Waals surface area contributed by atoms with Crippen LogP contribution in [0, 0.1) is 11.3 Å². The SMILES string of the molecule is O=S(=O)(Cl)CC1(COCCC2CC2)CCCC1. The van der Waals surface area contributed by atoms with Gasteiger partial charge in [0.15, 0.2) is 0 Å². The molecule has 0 heterocycles. The zero-order valence-electron chi connectivity index (χ0n) is 10.2. The molecule has 0 amide bonds. The fourth-order valence-electron chi connectivity index (χ4n) is 2.77. The van der Waals surface area contributed by atoms with E-state index in [9.17, 15) is 8.42 Å². The van der Waals surface area contributed by atoms with Crippen LogP contribution in [0.15, 0.2) is 0 Å². The Morgan fingerprint density at radius 1 is 1.24 bits per heavy atom. The summed E-state index contributed by atoms with van der Waals surface area (Å²) in [6.45, 7) is 1.33. The van der Waals surface area contributed by atoms with Crippen LogP contribution in [-0.4, -0.2) is 27.4 Å². The molecule has 100 valence electrons. The van der Waals surface area contributed by atoms with E-state index in [1.807, 2.05) is 0 Å². The number of hydrogen-bond donors (Lipinski definition) is 0. The Kier molecular flexibility index (Phi) is 4.37. The Morgan fingerprint density at radius 3 is 2.41 bits per heavy atom. The van der Waals surface area contributed by atoms with Gasteiger partial charge in [-0.15, -0.1) is 0 Å². The third-order valence-electron chi connectivity index (χ3n) is 3.92. The largest absolute Gasteiger partial charge is 0.381 e. The molecule has 5 heteroatoms. The van der Waals surface area contributed by atoms with Crippen molar-refractivity contribution in [3.8, 4) is 0 Å². The van der Waals surface area contributed by atoms with E-state index < -0.39 is 9.05 Å². The maximum Gasteiger partial charge on any atom is 0.233 e. The summed E-state index contributed by atoms with van der Waals surface area (Å²) in [4.78, 5) is 0. The van der Waals surface area contributed by atoms with Gasteiger partial charge in [0.25, 0.3) is 0 Å². The first-order valence-electron chi connectivity index (χ1n) is 6.49. The van der Waals surface area contributed by atoms with Crippen LogP contribution in [0.5, 0.6) is 0 Å². The summed E-state index contributed by atoms with van der Waals surface area (Å²) in [7, 11) is 1.98. The van der Waals surface area contributed by atoms with Gasteiger partial charge in [0.05, 0.1) is 12.4 Å². The Labute approximate surface area is 108 Å². The molecule has 0 N–H and O–H groups in total. The second-order valence-corrected chi connectivity index (χ2v) is 8.45. The molecule has 0 aromatic carbocycles. The van der Waals surface area contributed by atoms with Crippen LogP contribution in [0.3, 0.4) is 0 Å². The first-order chi connectivity index (χ1) is 7.99. The Morgan fingerprint density at radius 2 is 1.88 bits per heavy atom. The molecule has 0 radical (unpaired) electrons. The summed E-state index contributed by atoms with van der Waals surface area (Å²) >= 11 is 0. The average molecular weight is 281 g/mol. The van der Waals surface area contributed by atoms with Crippen molar-refractivity contribution in [1.29, 1.82) is 0 Å². The van der Waals surface area contributed by atoms with Crippen molar-refractivity contribution in [2.75, 3.05) is 19.0 Å². The molecule has 0 spiro atoms. The van der Waals surface area contributed by atoms with Crippen molar-refractivity contribution < 1.29 is 13.2 Å². The molecule has 0 bridgehead atoms. The molecule has 0 aromatic heterocycles. The molecular weight excluding hydrogens is 260 g/mol. The van der Waals surface area contributed by atoms with Gasteiger partial charge in [0, 0.05) is 22.7 Å². The van der Waals surface area contributed by atoms with E-state index in [4.69, 9.17) is 15.4 Å². The van der Waals surface area contributed by atoms with E-state index in [-0.39, 0.29) is 11.2 Å². The first-order valence-corrected chi connectivity index (χ1v) is 8.97. The van der Waals surface area contributed by atoms with E-state index in [0.29, 0.717) is 6.61 Å². The molecule has 0 aliphatic heterocycles. The highest BCUT2D eigenvalue weighted by Crippen LogP contribution is 2.40. The van der Waals surface area contributed by atoms with Crippen molar-refractivity contribution in [2.45, 2.75) is 44.9 Å². The number of hydrogen-bond acceptors (Lipinski definition) is 3. The normalized spacial score (nSPS) is 24.1. The number of ether oxygens (including phenoxy) is 1. The molecule has 0 atom stereocenters. The van der Waals surface area contributed by atoms with Gasteiger partial charge in [-0.2, -0.15) is 0 Å². The van der Waals surface area contributed by atoms with E-state index in [1.54, 1.807) is 0 Å². The fraction of sp³-hybridized carbons (Fsp3) is 1.00. The Balaban J connectivity index is 1.78. The molecular formula is C12H21ClO3S. The molecule has 2 rings (SSSR count). The van der Waals surface area contributed by atoms with Gasteiger partial charge in [0.2, 0.25) is 9.05 Å². The quantitative estimate of drug-likeness (QED) is 0.532. The molecule has 3 nitrogen and oxygen atoms in total. The van der Waals surface area contributed by atoms with Crippen LogP contribution in [0.1, 0.15) is 44.9 Å². The molecule has 0 aromatic rings. The van der Waals surface area contributed by atoms with Crippen LogP contribution in [-0.2, 0) is 13.8 Å². The maximum absolute atomic E-state index is 11.3. The summed E-state index contributed by atoms with van der Waals surface area (Å²) in [6.07, 6.45) is 7.86. The molecule has 2 aliphatic rings. The number of rotatable bonds is 7. The maximum atomic E-state index is 11.3. The summed E-state index contributed by atoms with van der Waals surface area (Å²) < 4.78 is 28.2. The topological polar surface area (TPSA) is 43.4 Å². The summed E-state index contributed by atoms with van der Waals surface area (Å²) in [5.41, 5.74) is -0.204. The number of halogens is 1. The minimum Gasteiger partial charge on any atom is -0.381 e. The van der Waals surface area contributed by atoms with Gasteiger partial charge in [-0.3, -0.25) is 0 Å². The Bertz CT molecular complexity index is 343. The summed E-state index contributed by atoms with van der Waals surface area (Å²) in [5, 5.41) is 0. The zero-order valence-corrected chi connectivity index (χ0v) is 11.7. The van der Waals surface area contributed by atoms with Crippen molar-refractivity contribution >= 4 is 19.7 Å². The van der Waals surface area contributed by atoms with Crippen LogP contribution in [0.2, 0.25) is 0 Å². The van der Waals surface area contributed by atoms with E-state index in [1.165, 1.54) is 12.8 Å². The third kappa shape index (κ3) is 4.76. The fourth-order valence-corrected chi connectivity index (χ4v) is 4.56. The zero-order chi connectivity index (χ0) is 12.4. The monoisotopic (exact) mass is 280 g/mol. The third-order valence-corrected chi connectivity index (χ3v) is 5.20. The molecule has 0 saturated heterocycles. The smallest absolute Gasteiger partial charge is 0.233 e. The minimum absolute atomic E-state index is 0.0744. The highest BCUT2D eigenvalue weighted by atomic mass is 35.7. The van der Waals surface area contributed by atoms with Crippen molar-refractivity contribution in [3.05, 3.63) is 0 Å². The lowest BCUT2D eigenvalue weighted by Gasteiger charge is -2.27. The molecule has 17 heavy (non-hydrogen) atoms. The van der Waals surface area contributed by atoms with Crippen LogP contribution >= 0.6 is 10.7 Å². The second-order valence-electron chi connectivity index (χ2n) is 5.67. The summed E-state index contributed by atoms with van der Waals surface area (Å²) in [5.74, 6) is 0.941. The minimum atomic E-state index is -3.41.